The van der Waals surface area contributed by atoms with Crippen LogP contribution in [0.3, 0.4) is 0 Å². The highest BCUT2D eigenvalue weighted by Gasteiger charge is 2.12. The van der Waals surface area contributed by atoms with Gasteiger partial charge < -0.3 is 0 Å². The molecule has 0 nitrogen and oxygen atoms in total. The lowest BCUT2D eigenvalue weighted by Crippen LogP contribution is -2.05. The van der Waals surface area contributed by atoms with Crippen molar-refractivity contribution in [1.29, 1.82) is 0 Å². The lowest BCUT2D eigenvalue weighted by atomic mass is 9.92. The van der Waals surface area contributed by atoms with E-state index in [0.717, 1.165) is 16.5 Å². The fourth-order valence-corrected chi connectivity index (χ4v) is 3.00. The standard InChI is InChI=1S/C16H15BrClF/c1-11-3-2-4-13(5-11)14(10-18)6-12-7-15(17)9-16(19)8-12/h2-5,7-9,14H,6,10H2,1H3. The van der Waals surface area contributed by atoms with E-state index in [1.165, 1.54) is 17.2 Å². The predicted octanol–water partition coefficient (Wildman–Crippen LogP) is 5.46. The molecular weight excluding hydrogens is 327 g/mol. The lowest BCUT2D eigenvalue weighted by Gasteiger charge is -2.15. The summed E-state index contributed by atoms with van der Waals surface area (Å²) in [6.45, 7) is 2.06. The van der Waals surface area contributed by atoms with Gasteiger partial charge in [0.1, 0.15) is 5.82 Å². The van der Waals surface area contributed by atoms with Crippen LogP contribution < -0.4 is 0 Å². The Labute approximate surface area is 126 Å². The van der Waals surface area contributed by atoms with Gasteiger partial charge in [-0.05, 0) is 42.7 Å². The van der Waals surface area contributed by atoms with Gasteiger partial charge in [0.2, 0.25) is 0 Å². The van der Waals surface area contributed by atoms with Gasteiger partial charge in [-0.25, -0.2) is 4.39 Å². The number of hydrogen-bond donors (Lipinski definition) is 0. The van der Waals surface area contributed by atoms with Gasteiger partial charge in [0, 0.05) is 16.3 Å². The van der Waals surface area contributed by atoms with Gasteiger partial charge in [0.15, 0.2) is 0 Å². The topological polar surface area (TPSA) is 0 Å². The van der Waals surface area contributed by atoms with Crippen LogP contribution in [0, 0.1) is 12.7 Å². The highest BCUT2D eigenvalue weighted by atomic mass is 79.9. The molecule has 2 rings (SSSR count). The largest absolute Gasteiger partial charge is 0.207 e. The molecule has 0 N–H and O–H groups in total. The van der Waals surface area contributed by atoms with Crippen molar-refractivity contribution < 1.29 is 4.39 Å². The zero-order valence-corrected chi connectivity index (χ0v) is 13.0. The minimum absolute atomic E-state index is 0.204. The third kappa shape index (κ3) is 4.05. The molecule has 3 heteroatoms. The summed E-state index contributed by atoms with van der Waals surface area (Å²) < 4.78 is 14.1. The van der Waals surface area contributed by atoms with Crippen LogP contribution in [0.2, 0.25) is 0 Å². The lowest BCUT2D eigenvalue weighted by molar-refractivity contribution is 0.622. The number of rotatable bonds is 4. The molecule has 0 aliphatic rings. The summed E-state index contributed by atoms with van der Waals surface area (Å²) in [5, 5.41) is 0. The first-order chi connectivity index (χ1) is 9.08. The summed E-state index contributed by atoms with van der Waals surface area (Å²) in [5.74, 6) is 0.509. The molecule has 0 radical (unpaired) electrons. The molecule has 100 valence electrons. The van der Waals surface area contributed by atoms with Crippen molar-refractivity contribution >= 4 is 27.5 Å². The van der Waals surface area contributed by atoms with Gasteiger partial charge in [0.25, 0.3) is 0 Å². The van der Waals surface area contributed by atoms with Crippen LogP contribution in [0.4, 0.5) is 4.39 Å². The average Bonchev–Trinajstić information content (AvgIpc) is 2.34. The maximum absolute atomic E-state index is 13.4. The van der Waals surface area contributed by atoms with E-state index in [9.17, 15) is 4.39 Å². The fourth-order valence-electron chi connectivity index (χ4n) is 2.20. The first-order valence-electron chi connectivity index (χ1n) is 6.16. The number of benzene rings is 2. The second kappa shape index (κ2) is 6.53. The van der Waals surface area contributed by atoms with E-state index in [2.05, 4.69) is 41.1 Å². The van der Waals surface area contributed by atoms with Gasteiger partial charge in [0.05, 0.1) is 0 Å². The Balaban J connectivity index is 2.23. The smallest absolute Gasteiger partial charge is 0.124 e. The van der Waals surface area contributed by atoms with Crippen molar-refractivity contribution in [2.24, 2.45) is 0 Å². The summed E-state index contributed by atoms with van der Waals surface area (Å²) in [6, 6.07) is 13.3. The molecule has 0 saturated heterocycles. The molecule has 0 fully saturated rings. The number of hydrogen-bond acceptors (Lipinski definition) is 0. The van der Waals surface area contributed by atoms with Crippen molar-refractivity contribution in [3.63, 3.8) is 0 Å². The van der Waals surface area contributed by atoms with Gasteiger partial charge >= 0.3 is 0 Å². The van der Waals surface area contributed by atoms with Crippen molar-refractivity contribution in [2.45, 2.75) is 19.3 Å². The van der Waals surface area contributed by atoms with Crippen LogP contribution >= 0.6 is 27.5 Å². The van der Waals surface area contributed by atoms with Crippen molar-refractivity contribution in [2.75, 3.05) is 5.88 Å². The SMILES string of the molecule is Cc1cccc(C(CCl)Cc2cc(F)cc(Br)c2)c1. The highest BCUT2D eigenvalue weighted by molar-refractivity contribution is 9.10. The molecule has 0 aromatic heterocycles. The van der Waals surface area contributed by atoms with Crippen LogP contribution in [0.1, 0.15) is 22.6 Å². The molecule has 0 saturated carbocycles. The normalized spacial score (nSPS) is 12.4. The van der Waals surface area contributed by atoms with E-state index < -0.39 is 0 Å². The van der Waals surface area contributed by atoms with Gasteiger partial charge in [-0.1, -0.05) is 45.8 Å². The third-order valence-electron chi connectivity index (χ3n) is 3.10. The van der Waals surface area contributed by atoms with E-state index in [0.29, 0.717) is 5.88 Å². The van der Waals surface area contributed by atoms with E-state index in [4.69, 9.17) is 11.6 Å². The summed E-state index contributed by atoms with van der Waals surface area (Å²) in [4.78, 5) is 0. The molecule has 2 aromatic carbocycles. The minimum Gasteiger partial charge on any atom is -0.207 e. The molecule has 19 heavy (non-hydrogen) atoms. The number of aryl methyl sites for hydroxylation is 1. The monoisotopic (exact) mass is 340 g/mol. The molecule has 0 aliphatic heterocycles. The summed E-state index contributed by atoms with van der Waals surface area (Å²) >= 11 is 9.40. The van der Waals surface area contributed by atoms with Crippen LogP contribution in [0.25, 0.3) is 0 Å². The van der Waals surface area contributed by atoms with Crippen LogP contribution in [0.15, 0.2) is 46.9 Å². The Hall–Kier alpha value is -0.860. The first kappa shape index (κ1) is 14.5. The van der Waals surface area contributed by atoms with Crippen LogP contribution in [0.5, 0.6) is 0 Å². The molecular formula is C16H15BrClF. The molecule has 1 atom stereocenters. The summed E-state index contributed by atoms with van der Waals surface area (Å²) in [5.41, 5.74) is 3.38. The number of halogens is 3. The van der Waals surface area contributed by atoms with Crippen molar-refractivity contribution in [1.82, 2.24) is 0 Å². The molecule has 1 unspecified atom stereocenters. The molecule has 0 aliphatic carbocycles. The van der Waals surface area contributed by atoms with E-state index >= 15 is 0 Å². The van der Waals surface area contributed by atoms with Crippen molar-refractivity contribution in [3.05, 3.63) is 69.4 Å². The van der Waals surface area contributed by atoms with Crippen LogP contribution in [-0.2, 0) is 6.42 Å². The van der Waals surface area contributed by atoms with Crippen LogP contribution in [-0.4, -0.2) is 5.88 Å². The zero-order valence-electron chi connectivity index (χ0n) is 10.7. The Morgan fingerprint density at radius 2 is 2.00 bits per heavy atom. The third-order valence-corrected chi connectivity index (χ3v) is 3.93. The van der Waals surface area contributed by atoms with Crippen molar-refractivity contribution in [3.8, 4) is 0 Å². The molecule has 0 bridgehead atoms. The second-order valence-electron chi connectivity index (χ2n) is 4.75. The maximum atomic E-state index is 13.4. The van der Waals surface area contributed by atoms with Gasteiger partial charge in [-0.2, -0.15) is 0 Å². The molecule has 0 amide bonds. The minimum atomic E-state index is -0.220. The fraction of sp³-hybridized carbons (Fsp3) is 0.250. The predicted molar refractivity (Wildman–Crippen MR) is 82.4 cm³/mol. The quantitative estimate of drug-likeness (QED) is 0.648. The summed E-state index contributed by atoms with van der Waals surface area (Å²) in [7, 11) is 0. The Bertz CT molecular complexity index is 548. The Morgan fingerprint density at radius 3 is 2.63 bits per heavy atom. The Kier molecular flexibility index (Phi) is 5.00. The first-order valence-corrected chi connectivity index (χ1v) is 7.48. The zero-order chi connectivity index (χ0) is 13.8. The summed E-state index contributed by atoms with van der Waals surface area (Å²) in [6.07, 6.45) is 0.739. The van der Waals surface area contributed by atoms with Gasteiger partial charge in [-0.3, -0.25) is 0 Å². The van der Waals surface area contributed by atoms with Gasteiger partial charge in [-0.15, -0.1) is 11.6 Å². The Morgan fingerprint density at radius 1 is 1.21 bits per heavy atom. The average molecular weight is 342 g/mol. The number of alkyl halides is 1. The molecule has 0 heterocycles. The van der Waals surface area contributed by atoms with E-state index in [-0.39, 0.29) is 11.7 Å². The highest BCUT2D eigenvalue weighted by Crippen LogP contribution is 2.25. The second-order valence-corrected chi connectivity index (χ2v) is 5.97. The molecule has 0 spiro atoms. The maximum Gasteiger partial charge on any atom is 0.124 e. The molecule has 2 aromatic rings. The van der Waals surface area contributed by atoms with E-state index in [1.54, 1.807) is 6.07 Å². The van der Waals surface area contributed by atoms with E-state index in [1.807, 2.05) is 12.1 Å².